The second-order valence-electron chi connectivity index (χ2n) is 8.37. The van der Waals surface area contributed by atoms with Crippen LogP contribution >= 0.6 is 0 Å². The van der Waals surface area contributed by atoms with Gasteiger partial charge in [-0.15, -0.1) is 0 Å². The standard InChI is InChI=1S/C26H33N3O2/c1-3-19(2)25(27)26(31)28-23(14-13-20-9-5-4-6-10-20)15-16-24(30)29-17-21-11-7-8-12-22(21)18-29/h4-12,15-16,19,23,25H,3,13-14,17-18,27H2,1-2H3,(H,28,31)/b16-15+/t19?,23-,25-/m0/s1. The van der Waals surface area contributed by atoms with E-state index < -0.39 is 6.04 Å². The lowest BCUT2D eigenvalue weighted by molar-refractivity contribution is -0.127. The molecule has 164 valence electrons. The van der Waals surface area contributed by atoms with E-state index in [0.29, 0.717) is 19.5 Å². The third-order valence-electron chi connectivity index (χ3n) is 6.10. The van der Waals surface area contributed by atoms with Crippen LogP contribution in [0.25, 0.3) is 0 Å². The number of carbonyl (C=O) groups is 2. The van der Waals surface area contributed by atoms with Crippen LogP contribution in [0.3, 0.4) is 0 Å². The number of nitrogens with two attached hydrogens (primary N) is 1. The topological polar surface area (TPSA) is 75.4 Å². The number of nitrogens with zero attached hydrogens (tertiary/aromatic N) is 1. The van der Waals surface area contributed by atoms with Crippen LogP contribution in [0.2, 0.25) is 0 Å². The molecule has 3 rings (SSSR count). The highest BCUT2D eigenvalue weighted by Gasteiger charge is 2.23. The maximum Gasteiger partial charge on any atom is 0.246 e. The lowest BCUT2D eigenvalue weighted by Gasteiger charge is -2.22. The summed E-state index contributed by atoms with van der Waals surface area (Å²) < 4.78 is 0. The fraction of sp³-hybridized carbons (Fsp3) is 0.385. The molecule has 0 saturated heterocycles. The van der Waals surface area contributed by atoms with Gasteiger partial charge in [0.05, 0.1) is 6.04 Å². The molecule has 2 amide bonds. The Hall–Kier alpha value is -2.92. The molecule has 1 heterocycles. The van der Waals surface area contributed by atoms with Crippen molar-refractivity contribution in [2.45, 2.75) is 58.3 Å². The molecular weight excluding hydrogens is 386 g/mol. The summed E-state index contributed by atoms with van der Waals surface area (Å²) in [5.74, 6) is -0.108. The van der Waals surface area contributed by atoms with E-state index in [1.165, 1.54) is 16.7 Å². The molecule has 1 aliphatic rings. The fourth-order valence-corrected chi connectivity index (χ4v) is 3.77. The van der Waals surface area contributed by atoms with Crippen LogP contribution in [0.5, 0.6) is 0 Å². The Balaban J connectivity index is 1.65. The summed E-state index contributed by atoms with van der Waals surface area (Å²) in [6.45, 7) is 5.25. The van der Waals surface area contributed by atoms with Crippen molar-refractivity contribution in [3.05, 3.63) is 83.4 Å². The molecule has 0 radical (unpaired) electrons. The van der Waals surface area contributed by atoms with Crippen molar-refractivity contribution < 1.29 is 9.59 Å². The minimum absolute atomic E-state index is 0.0404. The molecule has 0 aromatic heterocycles. The van der Waals surface area contributed by atoms with Crippen molar-refractivity contribution in [1.29, 1.82) is 0 Å². The summed E-state index contributed by atoms with van der Waals surface area (Å²) in [6.07, 6.45) is 5.75. The first kappa shape index (κ1) is 22.8. The normalized spacial score (nSPS) is 16.0. The van der Waals surface area contributed by atoms with Gasteiger partial charge in [-0.3, -0.25) is 9.59 Å². The predicted octanol–water partition coefficient (Wildman–Crippen LogP) is 3.58. The molecule has 3 N–H and O–H groups in total. The maximum absolute atomic E-state index is 12.8. The smallest absolute Gasteiger partial charge is 0.246 e. The molecule has 31 heavy (non-hydrogen) atoms. The molecule has 1 unspecified atom stereocenters. The average molecular weight is 420 g/mol. The first-order chi connectivity index (χ1) is 15.0. The van der Waals surface area contributed by atoms with Gasteiger partial charge < -0.3 is 16.0 Å². The summed E-state index contributed by atoms with van der Waals surface area (Å²) in [4.78, 5) is 27.2. The van der Waals surface area contributed by atoms with Crippen molar-refractivity contribution in [1.82, 2.24) is 10.2 Å². The Morgan fingerprint density at radius 3 is 2.29 bits per heavy atom. The van der Waals surface area contributed by atoms with Gasteiger partial charge in [-0.05, 0) is 35.4 Å². The van der Waals surface area contributed by atoms with Crippen LogP contribution in [0, 0.1) is 5.92 Å². The van der Waals surface area contributed by atoms with E-state index in [-0.39, 0.29) is 23.8 Å². The van der Waals surface area contributed by atoms with Gasteiger partial charge in [-0.25, -0.2) is 0 Å². The third-order valence-corrected chi connectivity index (χ3v) is 6.10. The van der Waals surface area contributed by atoms with Crippen LogP contribution in [0.15, 0.2) is 66.7 Å². The number of carbonyl (C=O) groups excluding carboxylic acids is 2. The summed E-state index contributed by atoms with van der Waals surface area (Å²) in [7, 11) is 0. The van der Waals surface area contributed by atoms with Gasteiger partial charge in [0.15, 0.2) is 0 Å². The Morgan fingerprint density at radius 2 is 1.68 bits per heavy atom. The number of benzene rings is 2. The van der Waals surface area contributed by atoms with E-state index in [9.17, 15) is 9.59 Å². The third kappa shape index (κ3) is 6.28. The first-order valence-corrected chi connectivity index (χ1v) is 11.1. The highest BCUT2D eigenvalue weighted by Crippen LogP contribution is 2.22. The Labute approximate surface area is 185 Å². The van der Waals surface area contributed by atoms with Crippen LogP contribution in [-0.2, 0) is 29.1 Å². The molecule has 2 aromatic rings. The fourth-order valence-electron chi connectivity index (χ4n) is 3.77. The van der Waals surface area contributed by atoms with Crippen molar-refractivity contribution in [3.63, 3.8) is 0 Å². The Bertz CT molecular complexity index is 885. The van der Waals surface area contributed by atoms with Crippen molar-refractivity contribution >= 4 is 11.8 Å². The summed E-state index contributed by atoms with van der Waals surface area (Å²) in [6, 6.07) is 17.4. The van der Waals surface area contributed by atoms with Gasteiger partial charge in [0.1, 0.15) is 0 Å². The number of fused-ring (bicyclic) bond motifs is 1. The molecule has 0 spiro atoms. The average Bonchev–Trinajstić information content (AvgIpc) is 3.24. The zero-order valence-electron chi connectivity index (χ0n) is 18.5. The molecule has 3 atom stereocenters. The highest BCUT2D eigenvalue weighted by molar-refractivity contribution is 5.88. The van der Waals surface area contributed by atoms with E-state index in [1.807, 2.05) is 55.2 Å². The van der Waals surface area contributed by atoms with Crippen LogP contribution in [0.1, 0.15) is 43.4 Å². The summed E-state index contributed by atoms with van der Waals surface area (Å²) in [5.41, 5.74) is 9.70. The van der Waals surface area contributed by atoms with Crippen LogP contribution < -0.4 is 11.1 Å². The zero-order chi connectivity index (χ0) is 22.2. The number of hydrogen-bond donors (Lipinski definition) is 2. The molecule has 5 nitrogen and oxygen atoms in total. The first-order valence-electron chi connectivity index (χ1n) is 11.1. The van der Waals surface area contributed by atoms with Gasteiger partial charge in [0.25, 0.3) is 0 Å². The van der Waals surface area contributed by atoms with Gasteiger partial charge >= 0.3 is 0 Å². The quantitative estimate of drug-likeness (QED) is 0.610. The SMILES string of the molecule is CCC(C)[C@H](N)C(=O)N[C@H](/C=C/C(=O)N1Cc2ccccc2C1)CCc1ccccc1. The predicted molar refractivity (Wildman–Crippen MR) is 124 cm³/mol. The van der Waals surface area contributed by atoms with Crippen molar-refractivity contribution in [2.24, 2.45) is 11.7 Å². The number of rotatable bonds is 9. The number of nitrogens with one attached hydrogen (secondary N) is 1. The largest absolute Gasteiger partial charge is 0.349 e. The van der Waals surface area contributed by atoms with Crippen LogP contribution in [0.4, 0.5) is 0 Å². The van der Waals surface area contributed by atoms with Crippen molar-refractivity contribution in [2.75, 3.05) is 0 Å². The molecular formula is C26H33N3O2. The maximum atomic E-state index is 12.8. The monoisotopic (exact) mass is 419 g/mol. The molecule has 2 aromatic carbocycles. The van der Waals surface area contributed by atoms with E-state index in [4.69, 9.17) is 5.73 Å². The number of hydrogen-bond acceptors (Lipinski definition) is 3. The van der Waals surface area contributed by atoms with E-state index in [0.717, 1.165) is 12.8 Å². The zero-order valence-corrected chi connectivity index (χ0v) is 18.5. The van der Waals surface area contributed by atoms with Gasteiger partial charge in [-0.1, -0.05) is 80.9 Å². The minimum Gasteiger partial charge on any atom is -0.349 e. The molecule has 5 heteroatoms. The molecule has 0 aliphatic carbocycles. The van der Waals surface area contributed by atoms with E-state index in [1.54, 1.807) is 6.08 Å². The van der Waals surface area contributed by atoms with E-state index in [2.05, 4.69) is 29.6 Å². The number of amides is 2. The van der Waals surface area contributed by atoms with Gasteiger partial charge in [-0.2, -0.15) is 0 Å². The number of aryl methyl sites for hydroxylation is 1. The minimum atomic E-state index is -0.554. The molecule has 0 fully saturated rings. The molecule has 1 aliphatic heterocycles. The van der Waals surface area contributed by atoms with Crippen LogP contribution in [-0.4, -0.2) is 28.8 Å². The molecule has 0 bridgehead atoms. The second-order valence-corrected chi connectivity index (χ2v) is 8.37. The summed E-state index contributed by atoms with van der Waals surface area (Å²) >= 11 is 0. The van der Waals surface area contributed by atoms with Gasteiger partial charge in [0, 0.05) is 25.2 Å². The second kappa shape index (κ2) is 10.9. The lowest BCUT2D eigenvalue weighted by Crippen LogP contribution is -2.48. The summed E-state index contributed by atoms with van der Waals surface area (Å²) in [5, 5.41) is 3.04. The van der Waals surface area contributed by atoms with E-state index >= 15 is 0 Å². The highest BCUT2D eigenvalue weighted by atomic mass is 16.2. The Morgan fingerprint density at radius 1 is 1.06 bits per heavy atom. The van der Waals surface area contributed by atoms with Gasteiger partial charge in [0.2, 0.25) is 11.8 Å². The lowest BCUT2D eigenvalue weighted by atomic mass is 9.98. The molecule has 0 saturated carbocycles. The van der Waals surface area contributed by atoms with Crippen molar-refractivity contribution in [3.8, 4) is 0 Å². The Kier molecular flexibility index (Phi) is 8.01.